The Balaban J connectivity index is 1.84. The van der Waals surface area contributed by atoms with Crippen LogP contribution >= 0.6 is 11.8 Å². The number of H-pyrrole nitrogens is 1. The summed E-state index contributed by atoms with van der Waals surface area (Å²) in [7, 11) is 0. The molecule has 0 aliphatic carbocycles. The van der Waals surface area contributed by atoms with E-state index in [1.807, 2.05) is 82.3 Å². The molecule has 0 radical (unpaired) electrons. The number of aryl methyl sites for hydroxylation is 4. The third-order valence-electron chi connectivity index (χ3n) is 5.43. The number of pyridine rings is 1. The Morgan fingerprint density at radius 2 is 1.76 bits per heavy atom. The highest BCUT2D eigenvalue weighted by Gasteiger charge is 2.24. The summed E-state index contributed by atoms with van der Waals surface area (Å²) in [6, 6.07) is 17.6. The second kappa shape index (κ2) is 9.07. The fourth-order valence-electron chi connectivity index (χ4n) is 4.10. The number of rotatable bonds is 6. The van der Waals surface area contributed by atoms with Gasteiger partial charge in [-0.15, -0.1) is 5.43 Å². The lowest BCUT2D eigenvalue weighted by Gasteiger charge is -2.08. The van der Waals surface area contributed by atoms with Crippen molar-refractivity contribution >= 4 is 28.6 Å². The summed E-state index contributed by atoms with van der Waals surface area (Å²) in [6.45, 7) is 7.93. The summed E-state index contributed by atoms with van der Waals surface area (Å²) in [5.74, 6) is -0.478. The normalized spacial score (nSPS) is 11.0. The molecule has 2 aromatic heterocycles. The van der Waals surface area contributed by atoms with Crippen LogP contribution in [0, 0.1) is 37.8 Å². The molecule has 2 N–H and O–H groups in total. The highest BCUT2D eigenvalue weighted by Crippen LogP contribution is 2.35. The van der Waals surface area contributed by atoms with Crippen LogP contribution < -0.4 is 10.1 Å². The Bertz CT molecular complexity index is 1370. The first kappa shape index (κ1) is 22.5. The Hall–Kier alpha value is -3.65. The molecule has 2 heterocycles. The Morgan fingerprint density at radius 3 is 2.42 bits per heavy atom. The number of nitrogens with zero attached hydrogens (tertiary/aromatic N) is 2. The third-order valence-corrected chi connectivity index (χ3v) is 6.36. The third kappa shape index (κ3) is 4.75. The molecule has 1 amide bonds. The van der Waals surface area contributed by atoms with Gasteiger partial charge >= 0.3 is 5.91 Å². The van der Waals surface area contributed by atoms with Gasteiger partial charge < -0.3 is 4.98 Å². The first-order valence-electron chi connectivity index (χ1n) is 10.5. The molecule has 0 saturated heterocycles. The predicted molar refractivity (Wildman–Crippen MR) is 131 cm³/mol. The summed E-state index contributed by atoms with van der Waals surface area (Å²) in [5.41, 5.74) is 9.99. The van der Waals surface area contributed by atoms with Gasteiger partial charge in [0.2, 0.25) is 11.4 Å². The van der Waals surface area contributed by atoms with Gasteiger partial charge in [0, 0.05) is 52.3 Å². The number of nitro groups is 1. The molecule has 0 unspecified atom stereocenters. The van der Waals surface area contributed by atoms with Crippen LogP contribution in [0.4, 0.5) is 0 Å². The van der Waals surface area contributed by atoms with E-state index >= 15 is 0 Å². The van der Waals surface area contributed by atoms with Gasteiger partial charge in [-0.25, -0.2) is 0 Å². The van der Waals surface area contributed by atoms with Crippen LogP contribution in [0.5, 0.6) is 0 Å². The Kier molecular flexibility index (Phi) is 6.20. The van der Waals surface area contributed by atoms with E-state index in [1.165, 1.54) is 0 Å². The number of benzene rings is 2. The number of aromatic amines is 1. The van der Waals surface area contributed by atoms with Crippen LogP contribution in [0.1, 0.15) is 33.0 Å². The fraction of sp³-hybridized carbons (Fsp3) is 0.200. The molecule has 0 saturated carbocycles. The molecule has 2 aromatic carbocycles. The highest BCUT2D eigenvalue weighted by atomic mass is 32.2. The van der Waals surface area contributed by atoms with E-state index in [-0.39, 0.29) is 16.7 Å². The van der Waals surface area contributed by atoms with Crippen molar-refractivity contribution in [3.63, 3.8) is 0 Å². The maximum Gasteiger partial charge on any atom is 0.322 e. The number of carbonyl (C=O) groups is 1. The average molecular weight is 462 g/mol. The minimum Gasteiger partial charge on any atom is -0.350 e. The predicted octanol–water partition coefficient (Wildman–Crippen LogP) is 5.07. The molecule has 0 aliphatic heterocycles. The van der Waals surface area contributed by atoms with E-state index < -0.39 is 0 Å². The van der Waals surface area contributed by atoms with Crippen LogP contribution in [0.2, 0.25) is 0 Å². The van der Waals surface area contributed by atoms with Crippen molar-refractivity contribution in [1.29, 1.82) is 0 Å². The number of thioether (sulfide) groups is 1. The summed E-state index contributed by atoms with van der Waals surface area (Å²) < 4.78 is 1.78. The largest absolute Gasteiger partial charge is 0.350 e. The molecule has 0 fully saturated rings. The molecule has 8 heteroatoms. The van der Waals surface area contributed by atoms with Gasteiger partial charge in [-0.05, 0) is 54.9 Å². The first-order chi connectivity index (χ1) is 15.7. The van der Waals surface area contributed by atoms with Crippen molar-refractivity contribution in [2.75, 3.05) is 11.3 Å². The molecular weight excluding hydrogens is 436 g/mol. The second-order valence-electron chi connectivity index (χ2n) is 8.15. The molecule has 0 atom stereocenters. The van der Waals surface area contributed by atoms with Gasteiger partial charge in [-0.2, -0.15) is 0 Å². The van der Waals surface area contributed by atoms with E-state index in [0.29, 0.717) is 5.69 Å². The zero-order valence-corrected chi connectivity index (χ0v) is 19.7. The standard InChI is InChI=1S/C25H24N4O3S/c1-15-6-5-7-19(12-15)23-21-13-20(33-14-28(31)32)8-9-22(21)26-24(23)25(30)27-29-17(3)10-16(2)11-18(29)4/h5-13H,14H2,1-4H3,(H-,26,27,30)/p+1. The fourth-order valence-corrected chi connectivity index (χ4v) is 4.72. The van der Waals surface area contributed by atoms with Crippen LogP contribution in [-0.2, 0) is 0 Å². The van der Waals surface area contributed by atoms with Crippen LogP contribution in [0.15, 0.2) is 59.5 Å². The quantitative estimate of drug-likeness (QED) is 0.138. The smallest absolute Gasteiger partial charge is 0.322 e. The van der Waals surface area contributed by atoms with Crippen molar-refractivity contribution in [2.45, 2.75) is 32.6 Å². The minimum absolute atomic E-state index is 0.217. The van der Waals surface area contributed by atoms with Crippen molar-refractivity contribution in [2.24, 2.45) is 0 Å². The zero-order chi connectivity index (χ0) is 23.7. The van der Waals surface area contributed by atoms with Gasteiger partial charge in [-0.1, -0.05) is 34.5 Å². The van der Waals surface area contributed by atoms with Crippen molar-refractivity contribution < 1.29 is 14.4 Å². The average Bonchev–Trinajstić information content (AvgIpc) is 3.13. The summed E-state index contributed by atoms with van der Waals surface area (Å²) in [5, 5.41) is 11.7. The van der Waals surface area contributed by atoms with Crippen LogP contribution in [-0.4, -0.2) is 21.7 Å². The number of fused-ring (bicyclic) bond motifs is 1. The van der Waals surface area contributed by atoms with E-state index in [1.54, 1.807) is 4.68 Å². The Morgan fingerprint density at radius 1 is 1.03 bits per heavy atom. The molecule has 0 spiro atoms. The first-order valence-corrected chi connectivity index (χ1v) is 11.5. The molecule has 7 nitrogen and oxygen atoms in total. The van der Waals surface area contributed by atoms with Gasteiger partial charge in [0.05, 0.1) is 0 Å². The highest BCUT2D eigenvalue weighted by molar-refractivity contribution is 7.99. The lowest BCUT2D eigenvalue weighted by atomic mass is 10.00. The molecule has 4 aromatic rings. The number of nitrogens with one attached hydrogen (secondary N) is 2. The number of aromatic nitrogens is 2. The van der Waals surface area contributed by atoms with Crippen molar-refractivity contribution in [3.05, 3.63) is 92.9 Å². The van der Waals surface area contributed by atoms with E-state index in [4.69, 9.17) is 0 Å². The maximum atomic E-state index is 13.5. The summed E-state index contributed by atoms with van der Waals surface area (Å²) >= 11 is 1.16. The van der Waals surface area contributed by atoms with Gasteiger partial charge in [0.25, 0.3) is 5.88 Å². The number of hydrogen-bond acceptors (Lipinski definition) is 4. The number of amides is 1. The van der Waals surface area contributed by atoms with Crippen LogP contribution in [0.3, 0.4) is 0 Å². The Labute approximate surface area is 196 Å². The molecule has 33 heavy (non-hydrogen) atoms. The zero-order valence-electron chi connectivity index (χ0n) is 18.9. The summed E-state index contributed by atoms with van der Waals surface area (Å²) in [4.78, 5) is 28.0. The lowest BCUT2D eigenvalue weighted by molar-refractivity contribution is -0.654. The molecule has 0 bridgehead atoms. The second-order valence-corrected chi connectivity index (χ2v) is 9.17. The SMILES string of the molecule is Cc1cccc(-c2c(C(=O)N[n+]3c(C)cc(C)cc3C)[nH]c3ccc(SC[N+](=O)[O-])cc23)c1. The topological polar surface area (TPSA) is 91.9 Å². The summed E-state index contributed by atoms with van der Waals surface area (Å²) in [6.07, 6.45) is 0. The molecule has 0 aliphatic rings. The minimum atomic E-state index is -0.351. The van der Waals surface area contributed by atoms with Gasteiger partial charge in [0.15, 0.2) is 0 Å². The van der Waals surface area contributed by atoms with Crippen molar-refractivity contribution in [1.82, 2.24) is 4.98 Å². The number of carbonyl (C=O) groups excluding carboxylic acids is 1. The number of hydrogen-bond donors (Lipinski definition) is 2. The molecular formula is C25H25N4O3S+. The molecule has 4 rings (SSSR count). The van der Waals surface area contributed by atoms with E-state index in [9.17, 15) is 14.9 Å². The monoisotopic (exact) mass is 461 g/mol. The van der Waals surface area contributed by atoms with E-state index in [0.717, 1.165) is 61.2 Å². The van der Waals surface area contributed by atoms with Gasteiger partial charge in [0.1, 0.15) is 5.69 Å². The van der Waals surface area contributed by atoms with E-state index in [2.05, 4.69) is 10.4 Å². The van der Waals surface area contributed by atoms with Crippen molar-refractivity contribution in [3.8, 4) is 11.1 Å². The van der Waals surface area contributed by atoms with Crippen LogP contribution in [0.25, 0.3) is 22.0 Å². The molecule has 168 valence electrons. The van der Waals surface area contributed by atoms with Gasteiger partial charge in [-0.3, -0.25) is 14.9 Å². The maximum absolute atomic E-state index is 13.5. The lowest BCUT2D eigenvalue weighted by Crippen LogP contribution is -2.53.